The average molecular weight is 257 g/mol. The van der Waals surface area contributed by atoms with Crippen molar-refractivity contribution in [1.82, 2.24) is 15.3 Å². The molecule has 100 valence electrons. The van der Waals surface area contributed by atoms with Gasteiger partial charge in [0.25, 0.3) is 0 Å². The highest BCUT2D eigenvalue weighted by Gasteiger charge is 2.08. The SMILES string of the molecule is CCCNCc1cccc(-c2nccnc2OC)c1. The third kappa shape index (κ3) is 3.51. The quantitative estimate of drug-likeness (QED) is 0.808. The normalized spacial score (nSPS) is 10.4. The third-order valence-corrected chi connectivity index (χ3v) is 2.81. The summed E-state index contributed by atoms with van der Waals surface area (Å²) >= 11 is 0. The lowest BCUT2D eigenvalue weighted by atomic mass is 10.1. The first kappa shape index (κ1) is 13.5. The molecule has 0 aliphatic heterocycles. The van der Waals surface area contributed by atoms with Crippen LogP contribution in [0.15, 0.2) is 36.7 Å². The highest BCUT2D eigenvalue weighted by molar-refractivity contribution is 5.64. The van der Waals surface area contributed by atoms with Crippen LogP contribution in [0.25, 0.3) is 11.3 Å². The lowest BCUT2D eigenvalue weighted by molar-refractivity contribution is 0.398. The van der Waals surface area contributed by atoms with E-state index in [0.717, 1.165) is 30.8 Å². The van der Waals surface area contributed by atoms with Gasteiger partial charge in [0.15, 0.2) is 0 Å². The molecule has 0 amide bonds. The first-order valence-corrected chi connectivity index (χ1v) is 6.50. The van der Waals surface area contributed by atoms with E-state index < -0.39 is 0 Å². The Bertz CT molecular complexity index is 528. The fraction of sp³-hybridized carbons (Fsp3) is 0.333. The Labute approximate surface area is 113 Å². The zero-order chi connectivity index (χ0) is 13.5. The fourth-order valence-electron chi connectivity index (χ4n) is 1.91. The Hall–Kier alpha value is -1.94. The van der Waals surface area contributed by atoms with Crippen molar-refractivity contribution in [2.45, 2.75) is 19.9 Å². The minimum Gasteiger partial charge on any atom is -0.479 e. The van der Waals surface area contributed by atoms with E-state index >= 15 is 0 Å². The zero-order valence-corrected chi connectivity index (χ0v) is 11.4. The van der Waals surface area contributed by atoms with Crippen LogP contribution in [0, 0.1) is 0 Å². The van der Waals surface area contributed by atoms with Gasteiger partial charge in [0.2, 0.25) is 5.88 Å². The van der Waals surface area contributed by atoms with Gasteiger partial charge in [0, 0.05) is 24.5 Å². The molecule has 0 bridgehead atoms. The summed E-state index contributed by atoms with van der Waals surface area (Å²) in [4.78, 5) is 8.53. The molecule has 0 unspecified atom stereocenters. The maximum atomic E-state index is 5.25. The van der Waals surface area contributed by atoms with Gasteiger partial charge in [0.05, 0.1) is 7.11 Å². The molecule has 4 nitrogen and oxygen atoms in total. The summed E-state index contributed by atoms with van der Waals surface area (Å²) < 4.78 is 5.25. The Morgan fingerprint density at radius 3 is 2.84 bits per heavy atom. The van der Waals surface area contributed by atoms with Gasteiger partial charge in [-0.25, -0.2) is 9.97 Å². The van der Waals surface area contributed by atoms with Crippen LogP contribution in [0.1, 0.15) is 18.9 Å². The minimum absolute atomic E-state index is 0.557. The van der Waals surface area contributed by atoms with Crippen LogP contribution in [-0.2, 0) is 6.54 Å². The summed E-state index contributed by atoms with van der Waals surface area (Å²) in [6.45, 7) is 4.05. The minimum atomic E-state index is 0.557. The van der Waals surface area contributed by atoms with Crippen molar-refractivity contribution in [3.8, 4) is 17.1 Å². The number of rotatable bonds is 6. The van der Waals surface area contributed by atoms with Crippen LogP contribution < -0.4 is 10.1 Å². The number of methoxy groups -OCH3 is 1. The molecule has 0 saturated carbocycles. The fourth-order valence-corrected chi connectivity index (χ4v) is 1.91. The van der Waals surface area contributed by atoms with Gasteiger partial charge in [-0.2, -0.15) is 0 Å². The Morgan fingerprint density at radius 1 is 1.21 bits per heavy atom. The molecule has 19 heavy (non-hydrogen) atoms. The Kier molecular flexibility index (Phi) is 4.86. The summed E-state index contributed by atoms with van der Waals surface area (Å²) in [6, 6.07) is 8.28. The monoisotopic (exact) mass is 257 g/mol. The topological polar surface area (TPSA) is 47.0 Å². The van der Waals surface area contributed by atoms with Crippen molar-refractivity contribution in [3.63, 3.8) is 0 Å². The second-order valence-electron chi connectivity index (χ2n) is 4.29. The van der Waals surface area contributed by atoms with Gasteiger partial charge in [-0.15, -0.1) is 0 Å². The second-order valence-corrected chi connectivity index (χ2v) is 4.29. The van der Waals surface area contributed by atoms with Crippen molar-refractivity contribution in [2.24, 2.45) is 0 Å². The molecule has 0 radical (unpaired) electrons. The van der Waals surface area contributed by atoms with E-state index in [2.05, 4.69) is 34.3 Å². The standard InChI is InChI=1S/C15H19N3O/c1-3-7-16-11-12-5-4-6-13(10-12)14-15(19-2)18-9-8-17-14/h4-6,8-10,16H,3,7,11H2,1-2H3. The van der Waals surface area contributed by atoms with E-state index in [1.807, 2.05) is 12.1 Å². The summed E-state index contributed by atoms with van der Waals surface area (Å²) in [5.41, 5.74) is 3.04. The summed E-state index contributed by atoms with van der Waals surface area (Å²) in [5.74, 6) is 0.557. The number of aromatic nitrogens is 2. The summed E-state index contributed by atoms with van der Waals surface area (Å²) in [6.07, 6.45) is 4.45. The first-order valence-electron chi connectivity index (χ1n) is 6.50. The van der Waals surface area contributed by atoms with Crippen LogP contribution in [0.2, 0.25) is 0 Å². The first-order chi connectivity index (χ1) is 9.35. The predicted octanol–water partition coefficient (Wildman–Crippen LogP) is 2.65. The molecule has 0 aliphatic rings. The van der Waals surface area contributed by atoms with E-state index in [-0.39, 0.29) is 0 Å². The van der Waals surface area contributed by atoms with Crippen molar-refractivity contribution in [1.29, 1.82) is 0 Å². The van der Waals surface area contributed by atoms with Crippen molar-refractivity contribution >= 4 is 0 Å². The molecule has 1 aromatic carbocycles. The van der Waals surface area contributed by atoms with Crippen LogP contribution in [0.3, 0.4) is 0 Å². The molecule has 2 aromatic rings. The number of nitrogens with zero attached hydrogens (tertiary/aromatic N) is 2. The molecule has 1 N–H and O–H groups in total. The molecule has 0 atom stereocenters. The van der Waals surface area contributed by atoms with Gasteiger partial charge in [-0.05, 0) is 24.6 Å². The molecule has 0 spiro atoms. The number of hydrogen-bond acceptors (Lipinski definition) is 4. The van der Waals surface area contributed by atoms with E-state index in [0.29, 0.717) is 5.88 Å². The van der Waals surface area contributed by atoms with E-state index in [1.54, 1.807) is 19.5 Å². The highest BCUT2D eigenvalue weighted by Crippen LogP contribution is 2.25. The molecule has 4 heteroatoms. The van der Waals surface area contributed by atoms with Crippen molar-refractivity contribution in [3.05, 3.63) is 42.2 Å². The molecule has 1 heterocycles. The number of nitrogens with one attached hydrogen (secondary N) is 1. The number of benzene rings is 1. The molecule has 2 rings (SSSR count). The van der Waals surface area contributed by atoms with Gasteiger partial charge < -0.3 is 10.1 Å². The number of ether oxygens (including phenoxy) is 1. The van der Waals surface area contributed by atoms with Crippen molar-refractivity contribution in [2.75, 3.05) is 13.7 Å². The molecular formula is C15H19N3O. The zero-order valence-electron chi connectivity index (χ0n) is 11.4. The molecule has 1 aromatic heterocycles. The summed E-state index contributed by atoms with van der Waals surface area (Å²) in [5, 5.41) is 3.39. The van der Waals surface area contributed by atoms with Crippen LogP contribution in [0.5, 0.6) is 5.88 Å². The Balaban J connectivity index is 2.22. The van der Waals surface area contributed by atoms with Gasteiger partial charge in [-0.1, -0.05) is 25.1 Å². The molecule has 0 fully saturated rings. The lowest BCUT2D eigenvalue weighted by Gasteiger charge is -2.08. The maximum absolute atomic E-state index is 5.25. The second kappa shape index (κ2) is 6.85. The largest absolute Gasteiger partial charge is 0.479 e. The van der Waals surface area contributed by atoms with E-state index in [1.165, 1.54) is 5.56 Å². The summed E-state index contributed by atoms with van der Waals surface area (Å²) in [7, 11) is 1.61. The third-order valence-electron chi connectivity index (χ3n) is 2.81. The number of hydrogen-bond donors (Lipinski definition) is 1. The predicted molar refractivity (Wildman–Crippen MR) is 76.0 cm³/mol. The smallest absolute Gasteiger partial charge is 0.240 e. The van der Waals surface area contributed by atoms with Crippen molar-refractivity contribution < 1.29 is 4.74 Å². The van der Waals surface area contributed by atoms with Crippen LogP contribution in [0.4, 0.5) is 0 Å². The van der Waals surface area contributed by atoms with Gasteiger partial charge in [-0.3, -0.25) is 0 Å². The highest BCUT2D eigenvalue weighted by atomic mass is 16.5. The van der Waals surface area contributed by atoms with Gasteiger partial charge in [0.1, 0.15) is 5.69 Å². The lowest BCUT2D eigenvalue weighted by Crippen LogP contribution is -2.13. The Morgan fingerprint density at radius 2 is 2.05 bits per heavy atom. The van der Waals surface area contributed by atoms with Gasteiger partial charge >= 0.3 is 0 Å². The molecule has 0 aliphatic carbocycles. The van der Waals surface area contributed by atoms with E-state index in [9.17, 15) is 0 Å². The van der Waals surface area contributed by atoms with E-state index in [4.69, 9.17) is 4.74 Å². The maximum Gasteiger partial charge on any atom is 0.240 e. The molecule has 0 saturated heterocycles. The van der Waals surface area contributed by atoms with Crippen LogP contribution >= 0.6 is 0 Å². The van der Waals surface area contributed by atoms with Crippen LogP contribution in [-0.4, -0.2) is 23.6 Å². The average Bonchev–Trinajstić information content (AvgIpc) is 2.48. The molecular weight excluding hydrogens is 238 g/mol.